The Hall–Kier alpha value is -3.36. The van der Waals surface area contributed by atoms with Crippen LogP contribution in [-0.4, -0.2) is 56.9 Å². The van der Waals surface area contributed by atoms with Crippen LogP contribution in [0, 0.1) is 12.7 Å². The van der Waals surface area contributed by atoms with Gasteiger partial charge < -0.3 is 19.7 Å². The molecular formula is C27H30F2N3O5P. The fraction of sp³-hybridized carbons (Fsp3) is 0.370. The number of hydrogen-bond donors (Lipinski definition) is 2. The maximum Gasteiger partial charge on any atom is 0.243 e. The molecule has 1 aliphatic rings. The van der Waals surface area contributed by atoms with Gasteiger partial charge in [-0.1, -0.05) is 31.2 Å². The Morgan fingerprint density at radius 3 is 2.63 bits per heavy atom. The first-order chi connectivity index (χ1) is 17.9. The minimum atomic E-state index is -3.61. The molecule has 2 heterocycles. The van der Waals surface area contributed by atoms with Gasteiger partial charge in [0, 0.05) is 47.1 Å². The summed E-state index contributed by atoms with van der Waals surface area (Å²) >= 11 is 0. The van der Waals surface area contributed by atoms with Crippen molar-refractivity contribution in [1.29, 1.82) is 0 Å². The van der Waals surface area contributed by atoms with Crippen LogP contribution in [0.5, 0.6) is 0 Å². The second kappa shape index (κ2) is 10.8. The molecule has 1 aromatic heterocycles. The molecule has 2 aromatic carbocycles. The number of Topliss-reactive ketones (excluding diaryl/α,β-unsaturated/α-hetero) is 1. The van der Waals surface area contributed by atoms with Crippen LogP contribution in [0.3, 0.4) is 0 Å². The molecule has 202 valence electrons. The van der Waals surface area contributed by atoms with Crippen LogP contribution in [0.1, 0.15) is 41.8 Å². The molecule has 8 nitrogen and oxygen atoms in total. The van der Waals surface area contributed by atoms with Crippen LogP contribution in [0.2, 0.25) is 0 Å². The van der Waals surface area contributed by atoms with Gasteiger partial charge in [0.2, 0.25) is 19.2 Å². The minimum absolute atomic E-state index is 0.0205. The summed E-state index contributed by atoms with van der Waals surface area (Å²) in [7, 11) is -3.61. The van der Waals surface area contributed by atoms with Crippen LogP contribution in [0.25, 0.3) is 10.9 Å². The number of benzene rings is 2. The van der Waals surface area contributed by atoms with Gasteiger partial charge in [0.25, 0.3) is 0 Å². The Morgan fingerprint density at radius 1 is 1.21 bits per heavy atom. The number of carbonyl (C=O) groups is 3. The van der Waals surface area contributed by atoms with Gasteiger partial charge in [0.1, 0.15) is 24.6 Å². The topological polar surface area (TPSA) is 109 Å². The van der Waals surface area contributed by atoms with Gasteiger partial charge in [-0.15, -0.1) is 0 Å². The predicted molar refractivity (Wildman–Crippen MR) is 140 cm³/mol. The zero-order valence-corrected chi connectivity index (χ0v) is 22.3. The first kappa shape index (κ1) is 27.7. The van der Waals surface area contributed by atoms with E-state index in [-0.39, 0.29) is 48.9 Å². The predicted octanol–water partition coefficient (Wildman–Crippen LogP) is 3.46. The minimum Gasteiger partial charge on any atom is -0.350 e. The fourth-order valence-electron chi connectivity index (χ4n) is 4.78. The number of likely N-dealkylation sites (tertiary alicyclic amines) is 1. The van der Waals surface area contributed by atoms with Gasteiger partial charge >= 0.3 is 0 Å². The van der Waals surface area contributed by atoms with E-state index in [0.717, 1.165) is 4.90 Å². The van der Waals surface area contributed by atoms with Gasteiger partial charge in [0.05, 0.1) is 12.1 Å². The third kappa shape index (κ3) is 5.42. The molecule has 1 aliphatic heterocycles. The average molecular weight is 546 g/mol. The molecule has 1 unspecified atom stereocenters. The quantitative estimate of drug-likeness (QED) is 0.333. The highest BCUT2D eigenvalue weighted by Gasteiger charge is 2.40. The Labute approximate surface area is 219 Å². The van der Waals surface area contributed by atoms with E-state index < -0.39 is 37.2 Å². The highest BCUT2D eigenvalue weighted by Crippen LogP contribution is 2.39. The fourth-order valence-corrected chi connectivity index (χ4v) is 5.78. The van der Waals surface area contributed by atoms with Crippen molar-refractivity contribution in [1.82, 2.24) is 14.8 Å². The molecule has 3 aromatic rings. The number of hydrogen-bond acceptors (Lipinski definition) is 4. The summed E-state index contributed by atoms with van der Waals surface area (Å²) < 4.78 is 42.8. The number of halogens is 2. The first-order valence-electron chi connectivity index (χ1n) is 12.3. The number of amides is 2. The molecule has 11 heteroatoms. The number of nitrogens with one attached hydrogen (secondary N) is 1. The van der Waals surface area contributed by atoms with E-state index >= 15 is 0 Å². The van der Waals surface area contributed by atoms with E-state index in [4.69, 9.17) is 0 Å². The average Bonchev–Trinajstić information content (AvgIpc) is 3.45. The number of alkyl halides is 1. The lowest BCUT2D eigenvalue weighted by molar-refractivity contribution is -0.139. The normalized spacial score (nSPS) is 18.9. The second-order valence-electron chi connectivity index (χ2n) is 9.61. The van der Waals surface area contributed by atoms with E-state index in [1.54, 1.807) is 38.1 Å². The molecule has 1 fully saturated rings. The number of aryl methyl sites for hydroxylation is 1. The third-order valence-corrected chi connectivity index (χ3v) is 8.92. The first-order valence-corrected chi connectivity index (χ1v) is 14.2. The maximum atomic E-state index is 14.4. The summed E-state index contributed by atoms with van der Waals surface area (Å²) in [5, 5.41) is 3.32. The molecule has 2 amide bonds. The standard InChI is InChI=1S/C27H30F2N3O5P/c1-4-38(36,37)20-8-9-21-22(17(3)33)14-31(23(21)11-20)15-25(34)32-13-19(28)10-24(32)27(35)30-12-18-7-5-6-16(2)26(18)29/h5-9,11,14,19,24H,4,10,12-13,15H2,1-3H3,(H,30,35)(H,36,37)/t19-,24+/m1/s1. The zero-order chi connectivity index (χ0) is 27.8. The number of carbonyl (C=O) groups excluding carboxylic acids is 3. The number of ketones is 1. The number of nitrogens with zero attached hydrogens (tertiary/aromatic N) is 2. The van der Waals surface area contributed by atoms with Gasteiger partial charge in [-0.2, -0.15) is 0 Å². The van der Waals surface area contributed by atoms with Crippen LogP contribution in [0.15, 0.2) is 42.6 Å². The molecule has 3 atom stereocenters. The summed E-state index contributed by atoms with van der Waals surface area (Å²) in [6, 6.07) is 8.31. The monoisotopic (exact) mass is 545 g/mol. The summed E-state index contributed by atoms with van der Waals surface area (Å²) in [5.41, 5.74) is 1.46. The van der Waals surface area contributed by atoms with E-state index in [9.17, 15) is 32.6 Å². The van der Waals surface area contributed by atoms with Crippen molar-refractivity contribution in [2.24, 2.45) is 0 Å². The van der Waals surface area contributed by atoms with Crippen LogP contribution >= 0.6 is 7.37 Å². The molecule has 0 radical (unpaired) electrons. The Morgan fingerprint density at radius 2 is 1.95 bits per heavy atom. The number of rotatable bonds is 8. The largest absolute Gasteiger partial charge is 0.350 e. The molecule has 0 aliphatic carbocycles. The highest BCUT2D eigenvalue weighted by atomic mass is 31.2. The maximum absolute atomic E-state index is 14.4. The summed E-state index contributed by atoms with van der Waals surface area (Å²) in [6.07, 6.45) is -0.0856. The van der Waals surface area contributed by atoms with Gasteiger partial charge in [0.15, 0.2) is 5.78 Å². The van der Waals surface area contributed by atoms with E-state index in [2.05, 4.69) is 5.32 Å². The van der Waals surface area contributed by atoms with E-state index in [0.29, 0.717) is 22.0 Å². The summed E-state index contributed by atoms with van der Waals surface area (Å²) in [5.74, 6) is -1.83. The van der Waals surface area contributed by atoms with Crippen molar-refractivity contribution < 1.29 is 32.6 Å². The van der Waals surface area contributed by atoms with Crippen molar-refractivity contribution in [2.75, 3.05) is 12.7 Å². The van der Waals surface area contributed by atoms with Crippen molar-refractivity contribution in [2.45, 2.75) is 52.5 Å². The smallest absolute Gasteiger partial charge is 0.243 e. The van der Waals surface area contributed by atoms with Crippen LogP contribution < -0.4 is 10.6 Å². The van der Waals surface area contributed by atoms with E-state index in [1.165, 1.54) is 29.8 Å². The molecule has 0 bridgehead atoms. The molecule has 4 rings (SSSR count). The highest BCUT2D eigenvalue weighted by molar-refractivity contribution is 7.66. The van der Waals surface area contributed by atoms with Crippen molar-refractivity contribution in [3.63, 3.8) is 0 Å². The summed E-state index contributed by atoms with van der Waals surface area (Å²) in [4.78, 5) is 49.9. The lowest BCUT2D eigenvalue weighted by Crippen LogP contribution is -2.46. The second-order valence-corrected chi connectivity index (χ2v) is 12.2. The van der Waals surface area contributed by atoms with Crippen molar-refractivity contribution >= 4 is 41.2 Å². The molecule has 0 saturated carbocycles. The van der Waals surface area contributed by atoms with Crippen molar-refractivity contribution in [3.05, 3.63) is 65.1 Å². The number of fused-ring (bicyclic) bond motifs is 1. The van der Waals surface area contributed by atoms with Crippen LogP contribution in [0.4, 0.5) is 8.78 Å². The molecular weight excluding hydrogens is 515 g/mol. The Bertz CT molecular complexity index is 1470. The Kier molecular flexibility index (Phi) is 7.85. The Balaban J connectivity index is 1.58. The molecule has 1 saturated heterocycles. The lowest BCUT2D eigenvalue weighted by Gasteiger charge is -2.24. The molecule has 0 spiro atoms. The molecule has 2 N–H and O–H groups in total. The van der Waals surface area contributed by atoms with Gasteiger partial charge in [-0.05, 0) is 31.5 Å². The van der Waals surface area contributed by atoms with Crippen LogP contribution in [-0.2, 0) is 27.2 Å². The zero-order valence-electron chi connectivity index (χ0n) is 21.4. The van der Waals surface area contributed by atoms with Crippen molar-refractivity contribution in [3.8, 4) is 0 Å². The number of aromatic nitrogens is 1. The SMILES string of the molecule is CCP(=O)(O)c1ccc2c(C(C)=O)cn(CC(=O)N3C[C@H](F)C[C@H]3C(=O)NCc3cccc(C)c3F)c2c1. The lowest BCUT2D eigenvalue weighted by atomic mass is 10.1. The third-order valence-electron chi connectivity index (χ3n) is 6.98. The van der Waals surface area contributed by atoms with Gasteiger partial charge in [-0.3, -0.25) is 18.9 Å². The van der Waals surface area contributed by atoms with Gasteiger partial charge in [-0.25, -0.2) is 8.78 Å². The summed E-state index contributed by atoms with van der Waals surface area (Å²) in [6.45, 7) is 3.89. The molecule has 38 heavy (non-hydrogen) atoms. The van der Waals surface area contributed by atoms with E-state index in [1.807, 2.05) is 0 Å².